The monoisotopic (exact) mass is 424 g/mol. The molecule has 5 rings (SSSR count). The van der Waals surface area contributed by atoms with Crippen LogP contribution in [-0.2, 0) is 4.74 Å². The van der Waals surface area contributed by atoms with E-state index < -0.39 is 0 Å². The van der Waals surface area contributed by atoms with Crippen molar-refractivity contribution in [1.29, 1.82) is 0 Å². The van der Waals surface area contributed by atoms with Crippen LogP contribution >= 0.6 is 0 Å². The van der Waals surface area contributed by atoms with Crippen LogP contribution in [0.4, 0.5) is 0 Å². The van der Waals surface area contributed by atoms with Crippen LogP contribution in [0, 0.1) is 34.0 Å². The number of hydrogen-bond donors (Lipinski definition) is 1. The third-order valence-electron chi connectivity index (χ3n) is 10.5. The Bertz CT molecular complexity index is 845. The molecule has 0 bridgehead atoms. The summed E-state index contributed by atoms with van der Waals surface area (Å²) < 4.78 is 6.14. The van der Waals surface area contributed by atoms with Crippen molar-refractivity contribution in [2.75, 3.05) is 0 Å². The Labute approximate surface area is 190 Å². The van der Waals surface area contributed by atoms with E-state index in [4.69, 9.17) is 4.74 Å². The van der Waals surface area contributed by atoms with Crippen molar-refractivity contribution in [1.82, 2.24) is 0 Å². The van der Waals surface area contributed by atoms with E-state index in [1.807, 2.05) is 0 Å². The van der Waals surface area contributed by atoms with Crippen molar-refractivity contribution in [3.63, 3.8) is 0 Å². The first-order chi connectivity index (χ1) is 14.5. The molecule has 5 aliphatic rings. The number of allylic oxidation sites excluding steroid dienone is 4. The SMILES string of the molecule is C=C(CCC[C@H]1CC=C2C3=C([C@@H](O)CC21C)C1(C)CC2O[C@@H]2C(C)(C)C1CC3)C(C)C. The molecule has 0 spiro atoms. The molecule has 1 saturated carbocycles. The Balaban J connectivity index is 1.41. The molecule has 1 N–H and O–H groups in total. The molecule has 172 valence electrons. The molecule has 1 saturated heterocycles. The van der Waals surface area contributed by atoms with Crippen molar-refractivity contribution in [3.8, 4) is 0 Å². The Morgan fingerprint density at radius 1 is 1.19 bits per heavy atom. The Morgan fingerprint density at radius 2 is 1.94 bits per heavy atom. The number of rotatable bonds is 5. The van der Waals surface area contributed by atoms with Gasteiger partial charge < -0.3 is 9.84 Å². The third-order valence-corrected chi connectivity index (χ3v) is 10.5. The van der Waals surface area contributed by atoms with Crippen LogP contribution in [0.1, 0.15) is 92.9 Å². The predicted molar refractivity (Wildman–Crippen MR) is 128 cm³/mol. The van der Waals surface area contributed by atoms with Gasteiger partial charge in [0.05, 0.1) is 18.3 Å². The number of hydrogen-bond acceptors (Lipinski definition) is 2. The Morgan fingerprint density at radius 3 is 2.65 bits per heavy atom. The molecule has 1 aliphatic heterocycles. The largest absolute Gasteiger partial charge is 0.389 e. The molecule has 2 fully saturated rings. The van der Waals surface area contributed by atoms with Gasteiger partial charge in [-0.25, -0.2) is 0 Å². The van der Waals surface area contributed by atoms with Crippen molar-refractivity contribution < 1.29 is 9.84 Å². The van der Waals surface area contributed by atoms with Gasteiger partial charge in [-0.1, -0.05) is 59.8 Å². The zero-order valence-corrected chi connectivity index (χ0v) is 20.8. The highest BCUT2D eigenvalue weighted by atomic mass is 16.6. The van der Waals surface area contributed by atoms with Gasteiger partial charge in [0.2, 0.25) is 0 Å². The van der Waals surface area contributed by atoms with Gasteiger partial charge in [0.15, 0.2) is 0 Å². The Hall–Kier alpha value is -0.860. The van der Waals surface area contributed by atoms with Crippen LogP contribution in [-0.4, -0.2) is 23.4 Å². The van der Waals surface area contributed by atoms with E-state index in [0.29, 0.717) is 30.0 Å². The second-order valence-electron chi connectivity index (χ2n) is 12.9. The van der Waals surface area contributed by atoms with Gasteiger partial charge in [-0.15, -0.1) is 0 Å². The van der Waals surface area contributed by atoms with Crippen LogP contribution in [0.5, 0.6) is 0 Å². The lowest BCUT2D eigenvalue weighted by molar-refractivity contribution is -0.00301. The molecule has 4 aliphatic carbocycles. The molecule has 0 aromatic heterocycles. The minimum Gasteiger partial charge on any atom is -0.389 e. The van der Waals surface area contributed by atoms with Gasteiger partial charge in [0.25, 0.3) is 0 Å². The first-order valence-corrected chi connectivity index (χ1v) is 13.0. The number of aliphatic hydroxyl groups is 1. The lowest BCUT2D eigenvalue weighted by atomic mass is 9.46. The highest BCUT2D eigenvalue weighted by molar-refractivity contribution is 5.51. The summed E-state index contributed by atoms with van der Waals surface area (Å²) in [6.07, 6.45) is 12.3. The molecule has 2 nitrogen and oxygen atoms in total. The molecule has 4 unspecified atom stereocenters. The number of aliphatic hydroxyl groups excluding tert-OH is 1. The standard InChI is InChI=1S/C29H44O2/c1-17(2)18(3)9-8-10-19-11-13-21-20-12-14-24-27(4,5)26-23(31-26)16-29(24,7)25(20)22(30)15-28(19,21)6/h13,17,19,22-24,26,30H,3,8-12,14-16H2,1-2,4-7H3/t19-,22-,23?,24?,26-,28?,29?/m0/s1. The van der Waals surface area contributed by atoms with Crippen molar-refractivity contribution in [2.24, 2.45) is 34.0 Å². The van der Waals surface area contributed by atoms with Gasteiger partial charge in [0.1, 0.15) is 0 Å². The molecule has 0 radical (unpaired) electrons. The molecule has 0 aromatic carbocycles. The van der Waals surface area contributed by atoms with Gasteiger partial charge in [0, 0.05) is 0 Å². The predicted octanol–water partition coefficient (Wildman–Crippen LogP) is 7.00. The van der Waals surface area contributed by atoms with Crippen LogP contribution in [0.15, 0.2) is 34.9 Å². The highest BCUT2D eigenvalue weighted by Crippen LogP contribution is 2.69. The van der Waals surface area contributed by atoms with Crippen LogP contribution in [0.2, 0.25) is 0 Å². The number of fused-ring (bicyclic) bond motifs is 5. The first kappa shape index (κ1) is 22.0. The quantitative estimate of drug-likeness (QED) is 0.381. The zero-order valence-electron chi connectivity index (χ0n) is 20.8. The van der Waals surface area contributed by atoms with Gasteiger partial charge in [-0.3, -0.25) is 0 Å². The summed E-state index contributed by atoms with van der Waals surface area (Å²) in [5.74, 6) is 1.86. The fourth-order valence-corrected chi connectivity index (χ4v) is 8.67. The molecule has 0 aromatic rings. The second-order valence-corrected chi connectivity index (χ2v) is 12.9. The molecular formula is C29H44O2. The van der Waals surface area contributed by atoms with E-state index in [0.717, 1.165) is 25.7 Å². The molecule has 7 atom stereocenters. The zero-order chi connectivity index (χ0) is 22.3. The maximum atomic E-state index is 11.7. The lowest BCUT2D eigenvalue weighted by Gasteiger charge is -2.57. The molecule has 31 heavy (non-hydrogen) atoms. The van der Waals surface area contributed by atoms with Gasteiger partial charge >= 0.3 is 0 Å². The maximum absolute atomic E-state index is 11.7. The van der Waals surface area contributed by atoms with Crippen LogP contribution < -0.4 is 0 Å². The fourth-order valence-electron chi connectivity index (χ4n) is 8.67. The molecule has 2 heteroatoms. The third kappa shape index (κ3) is 3.11. The van der Waals surface area contributed by atoms with Crippen LogP contribution in [0.3, 0.4) is 0 Å². The van der Waals surface area contributed by atoms with Crippen LogP contribution in [0.25, 0.3) is 0 Å². The topological polar surface area (TPSA) is 32.8 Å². The van der Waals surface area contributed by atoms with E-state index in [1.54, 1.807) is 11.1 Å². The summed E-state index contributed by atoms with van der Waals surface area (Å²) in [5.41, 5.74) is 6.38. The van der Waals surface area contributed by atoms with Crippen molar-refractivity contribution >= 4 is 0 Å². The Kier molecular flexibility index (Phi) is 5.01. The van der Waals surface area contributed by atoms with E-state index in [2.05, 4.69) is 54.2 Å². The van der Waals surface area contributed by atoms with E-state index in [9.17, 15) is 5.11 Å². The summed E-state index contributed by atoms with van der Waals surface area (Å²) >= 11 is 0. The van der Waals surface area contributed by atoms with Gasteiger partial charge in [-0.05, 0) is 102 Å². The molecule has 1 heterocycles. The smallest absolute Gasteiger partial charge is 0.0895 e. The van der Waals surface area contributed by atoms with Crippen molar-refractivity contribution in [3.05, 3.63) is 34.9 Å². The number of ether oxygens (including phenoxy) is 1. The van der Waals surface area contributed by atoms with E-state index >= 15 is 0 Å². The van der Waals surface area contributed by atoms with Crippen molar-refractivity contribution in [2.45, 2.75) is 111 Å². The maximum Gasteiger partial charge on any atom is 0.0895 e. The fraction of sp³-hybridized carbons (Fsp3) is 0.793. The highest BCUT2D eigenvalue weighted by Gasteiger charge is 2.66. The summed E-state index contributed by atoms with van der Waals surface area (Å²) in [6.45, 7) is 18.5. The number of epoxide rings is 1. The lowest BCUT2D eigenvalue weighted by Crippen LogP contribution is -2.53. The summed E-state index contributed by atoms with van der Waals surface area (Å²) in [5, 5.41) is 11.7. The summed E-state index contributed by atoms with van der Waals surface area (Å²) in [6, 6.07) is 0. The minimum absolute atomic E-state index is 0.0867. The first-order valence-electron chi connectivity index (χ1n) is 13.0. The average molecular weight is 425 g/mol. The van der Waals surface area contributed by atoms with E-state index in [-0.39, 0.29) is 22.3 Å². The van der Waals surface area contributed by atoms with Gasteiger partial charge in [-0.2, -0.15) is 0 Å². The average Bonchev–Trinajstić information content (AvgIpc) is 3.37. The second kappa shape index (κ2) is 7.07. The summed E-state index contributed by atoms with van der Waals surface area (Å²) in [4.78, 5) is 0. The molecular weight excluding hydrogens is 380 g/mol. The minimum atomic E-state index is -0.290. The van der Waals surface area contributed by atoms with E-state index in [1.165, 1.54) is 36.8 Å². The molecule has 0 amide bonds. The summed E-state index contributed by atoms with van der Waals surface area (Å²) in [7, 11) is 0. The normalized spacial score (nSPS) is 44.9.